The van der Waals surface area contributed by atoms with Gasteiger partial charge in [0.2, 0.25) is 21.7 Å². The van der Waals surface area contributed by atoms with Crippen LogP contribution in [0.5, 0.6) is 0 Å². The van der Waals surface area contributed by atoms with Crippen LogP contribution in [0.4, 0.5) is 0 Å². The van der Waals surface area contributed by atoms with Crippen molar-refractivity contribution in [2.24, 2.45) is 0 Å². The van der Waals surface area contributed by atoms with E-state index in [1.54, 1.807) is 24.5 Å². The van der Waals surface area contributed by atoms with Crippen LogP contribution in [0.2, 0.25) is 0 Å². The van der Waals surface area contributed by atoms with Gasteiger partial charge in [0.25, 0.3) is 0 Å². The molecule has 3 heterocycles. The molecule has 0 unspecified atom stereocenters. The van der Waals surface area contributed by atoms with E-state index in [9.17, 15) is 8.42 Å². The largest absolute Gasteiger partial charge is 0.339 e. The van der Waals surface area contributed by atoms with Crippen molar-refractivity contribution >= 4 is 10.0 Å². The van der Waals surface area contributed by atoms with Crippen LogP contribution in [0, 0.1) is 6.92 Å². The van der Waals surface area contributed by atoms with Crippen molar-refractivity contribution in [3.63, 3.8) is 0 Å². The summed E-state index contributed by atoms with van der Waals surface area (Å²) in [5, 5.41) is 4.03. The molecular formula is C19H20N4O3S. The minimum Gasteiger partial charge on any atom is -0.339 e. The molecule has 140 valence electrons. The molecule has 0 spiro atoms. The highest BCUT2D eigenvalue weighted by molar-refractivity contribution is 7.89. The molecule has 0 aliphatic carbocycles. The molecule has 4 rings (SSSR count). The maximum absolute atomic E-state index is 12.8. The van der Waals surface area contributed by atoms with E-state index in [0.29, 0.717) is 42.5 Å². The van der Waals surface area contributed by atoms with Crippen molar-refractivity contribution < 1.29 is 12.9 Å². The number of pyridine rings is 1. The summed E-state index contributed by atoms with van der Waals surface area (Å²) in [4.78, 5) is 8.87. The van der Waals surface area contributed by atoms with Gasteiger partial charge in [0.1, 0.15) is 0 Å². The predicted octanol–water partition coefficient (Wildman–Crippen LogP) is 3.01. The Kier molecular flexibility index (Phi) is 4.75. The summed E-state index contributed by atoms with van der Waals surface area (Å²) in [6, 6.07) is 10.7. The molecule has 3 aromatic rings. The van der Waals surface area contributed by atoms with Crippen LogP contribution in [0.1, 0.15) is 30.2 Å². The quantitative estimate of drug-likeness (QED) is 0.687. The number of hydrogen-bond donors (Lipinski definition) is 0. The zero-order valence-electron chi connectivity index (χ0n) is 14.9. The molecule has 2 aromatic heterocycles. The van der Waals surface area contributed by atoms with Crippen LogP contribution in [0.15, 0.2) is 58.2 Å². The summed E-state index contributed by atoms with van der Waals surface area (Å²) >= 11 is 0. The van der Waals surface area contributed by atoms with Gasteiger partial charge in [-0.1, -0.05) is 22.9 Å². The molecule has 1 aliphatic rings. The third-order valence-electron chi connectivity index (χ3n) is 4.82. The van der Waals surface area contributed by atoms with Gasteiger partial charge in [0.05, 0.1) is 4.90 Å². The molecule has 0 bridgehead atoms. The second-order valence-corrected chi connectivity index (χ2v) is 8.63. The standard InChI is InChI=1S/C19H20N4O3S/c1-14-4-6-17(7-5-14)27(24,25)23-11-8-15(9-12-23)19-21-18(22-26-19)16-3-2-10-20-13-16/h2-7,10,13,15H,8-9,11-12H2,1H3. The lowest BCUT2D eigenvalue weighted by atomic mass is 9.98. The Morgan fingerprint density at radius 2 is 1.85 bits per heavy atom. The summed E-state index contributed by atoms with van der Waals surface area (Å²) < 4.78 is 32.6. The first-order valence-corrected chi connectivity index (χ1v) is 10.3. The third kappa shape index (κ3) is 3.63. The number of rotatable bonds is 4. The lowest BCUT2D eigenvalue weighted by Crippen LogP contribution is -2.37. The molecule has 0 atom stereocenters. The van der Waals surface area contributed by atoms with Gasteiger partial charge in [-0.3, -0.25) is 4.98 Å². The Hall–Kier alpha value is -2.58. The van der Waals surface area contributed by atoms with Gasteiger partial charge in [-0.15, -0.1) is 0 Å². The molecular weight excluding hydrogens is 364 g/mol. The van der Waals surface area contributed by atoms with Crippen molar-refractivity contribution in [1.29, 1.82) is 0 Å². The molecule has 27 heavy (non-hydrogen) atoms. The normalized spacial score (nSPS) is 16.5. The Labute approximate surface area is 158 Å². The molecule has 1 aliphatic heterocycles. The smallest absolute Gasteiger partial charge is 0.243 e. The first-order valence-electron chi connectivity index (χ1n) is 8.85. The number of piperidine rings is 1. The number of aromatic nitrogens is 3. The Balaban J connectivity index is 1.45. The Morgan fingerprint density at radius 1 is 1.11 bits per heavy atom. The molecule has 0 saturated carbocycles. The molecule has 0 amide bonds. The van der Waals surface area contributed by atoms with Gasteiger partial charge in [-0.05, 0) is 44.0 Å². The number of sulfonamides is 1. The van der Waals surface area contributed by atoms with Crippen molar-refractivity contribution in [2.45, 2.75) is 30.6 Å². The Bertz CT molecular complexity index is 1010. The number of benzene rings is 1. The first-order chi connectivity index (χ1) is 13.0. The highest BCUT2D eigenvalue weighted by atomic mass is 32.2. The molecule has 1 saturated heterocycles. The van der Waals surface area contributed by atoms with Crippen LogP contribution >= 0.6 is 0 Å². The number of hydrogen-bond acceptors (Lipinski definition) is 6. The number of aryl methyl sites for hydroxylation is 1. The van der Waals surface area contributed by atoms with E-state index in [0.717, 1.165) is 11.1 Å². The van der Waals surface area contributed by atoms with Crippen molar-refractivity contribution in [3.05, 3.63) is 60.2 Å². The summed E-state index contributed by atoms with van der Waals surface area (Å²) in [5.41, 5.74) is 1.83. The predicted molar refractivity (Wildman–Crippen MR) is 99.4 cm³/mol. The van der Waals surface area contributed by atoms with E-state index < -0.39 is 10.0 Å². The van der Waals surface area contributed by atoms with Gasteiger partial charge in [-0.25, -0.2) is 8.42 Å². The molecule has 8 heteroatoms. The van der Waals surface area contributed by atoms with E-state index in [2.05, 4.69) is 15.1 Å². The highest BCUT2D eigenvalue weighted by Crippen LogP contribution is 2.31. The van der Waals surface area contributed by atoms with Crippen LogP contribution in [0.3, 0.4) is 0 Å². The van der Waals surface area contributed by atoms with Crippen LogP contribution < -0.4 is 0 Å². The highest BCUT2D eigenvalue weighted by Gasteiger charge is 2.32. The summed E-state index contributed by atoms with van der Waals surface area (Å²) in [7, 11) is -3.46. The monoisotopic (exact) mass is 384 g/mol. The summed E-state index contributed by atoms with van der Waals surface area (Å²) in [5.74, 6) is 1.13. The minimum absolute atomic E-state index is 0.0624. The molecule has 1 fully saturated rings. The van der Waals surface area contributed by atoms with E-state index in [1.807, 2.05) is 31.2 Å². The summed E-state index contributed by atoms with van der Waals surface area (Å²) in [6.07, 6.45) is 4.68. The fourth-order valence-electron chi connectivity index (χ4n) is 3.22. The molecule has 1 aromatic carbocycles. The van der Waals surface area contributed by atoms with Crippen molar-refractivity contribution in [1.82, 2.24) is 19.4 Å². The lowest BCUT2D eigenvalue weighted by molar-refractivity contribution is 0.271. The van der Waals surface area contributed by atoms with Crippen LogP contribution in [-0.4, -0.2) is 40.9 Å². The maximum Gasteiger partial charge on any atom is 0.243 e. The van der Waals surface area contributed by atoms with E-state index in [4.69, 9.17) is 4.52 Å². The second kappa shape index (κ2) is 7.21. The van der Waals surface area contributed by atoms with Gasteiger partial charge in [-0.2, -0.15) is 9.29 Å². The fourth-order valence-corrected chi connectivity index (χ4v) is 4.69. The minimum atomic E-state index is -3.46. The first kappa shape index (κ1) is 17.8. The zero-order valence-corrected chi connectivity index (χ0v) is 15.8. The zero-order chi connectivity index (χ0) is 18.9. The van der Waals surface area contributed by atoms with Gasteiger partial charge >= 0.3 is 0 Å². The van der Waals surface area contributed by atoms with Gasteiger partial charge in [0, 0.05) is 37.0 Å². The van der Waals surface area contributed by atoms with Crippen molar-refractivity contribution in [3.8, 4) is 11.4 Å². The SMILES string of the molecule is Cc1ccc(S(=O)(=O)N2CCC(c3nc(-c4cccnc4)no3)CC2)cc1. The molecule has 7 nitrogen and oxygen atoms in total. The lowest BCUT2D eigenvalue weighted by Gasteiger charge is -2.29. The van der Waals surface area contributed by atoms with E-state index >= 15 is 0 Å². The van der Waals surface area contributed by atoms with Crippen LogP contribution in [0.25, 0.3) is 11.4 Å². The van der Waals surface area contributed by atoms with Gasteiger partial charge < -0.3 is 4.52 Å². The van der Waals surface area contributed by atoms with E-state index in [-0.39, 0.29) is 5.92 Å². The second-order valence-electron chi connectivity index (χ2n) is 6.69. The van der Waals surface area contributed by atoms with Crippen molar-refractivity contribution in [2.75, 3.05) is 13.1 Å². The fraction of sp³-hybridized carbons (Fsp3) is 0.316. The van der Waals surface area contributed by atoms with E-state index in [1.165, 1.54) is 4.31 Å². The number of nitrogens with zero attached hydrogens (tertiary/aromatic N) is 4. The van der Waals surface area contributed by atoms with Crippen LogP contribution in [-0.2, 0) is 10.0 Å². The summed E-state index contributed by atoms with van der Waals surface area (Å²) in [6.45, 7) is 2.81. The molecule has 0 radical (unpaired) electrons. The average Bonchev–Trinajstić information content (AvgIpc) is 3.19. The maximum atomic E-state index is 12.8. The molecule has 0 N–H and O–H groups in total. The Morgan fingerprint density at radius 3 is 2.52 bits per heavy atom. The average molecular weight is 384 g/mol. The van der Waals surface area contributed by atoms with Gasteiger partial charge in [0.15, 0.2) is 0 Å². The topological polar surface area (TPSA) is 89.2 Å². The third-order valence-corrected chi connectivity index (χ3v) is 6.74.